The van der Waals surface area contributed by atoms with E-state index in [2.05, 4.69) is 4.98 Å². The van der Waals surface area contributed by atoms with Crippen molar-refractivity contribution >= 4 is 11.3 Å². The Morgan fingerprint density at radius 1 is 1.15 bits per heavy atom. The van der Waals surface area contributed by atoms with Gasteiger partial charge in [-0.25, -0.2) is 4.98 Å². The molecule has 0 aliphatic heterocycles. The molecule has 4 nitrogen and oxygen atoms in total. The van der Waals surface area contributed by atoms with Crippen molar-refractivity contribution in [3.8, 4) is 16.3 Å². The molecule has 0 fully saturated rings. The van der Waals surface area contributed by atoms with E-state index in [0.29, 0.717) is 12.3 Å². The van der Waals surface area contributed by atoms with Crippen molar-refractivity contribution in [2.45, 2.75) is 19.6 Å². The van der Waals surface area contributed by atoms with E-state index in [4.69, 9.17) is 4.74 Å². The molecular weight excluding hydrogens is 365 g/mol. The molecule has 0 atom stereocenters. The van der Waals surface area contributed by atoms with Crippen molar-refractivity contribution in [3.05, 3.63) is 69.6 Å². The Hall–Kier alpha value is -2.61. The van der Waals surface area contributed by atoms with E-state index in [-0.39, 0.29) is 6.54 Å². The molecule has 0 saturated heterocycles. The Morgan fingerprint density at radius 2 is 1.88 bits per heavy atom. The Morgan fingerprint density at radius 3 is 2.54 bits per heavy atom. The van der Waals surface area contributed by atoms with Gasteiger partial charge in [0.15, 0.2) is 0 Å². The number of ether oxygens (including phenoxy) is 1. The number of rotatable bonds is 5. The fraction of sp³-hybridized carbons (Fsp3) is 0.222. The molecule has 8 heteroatoms. The van der Waals surface area contributed by atoms with Gasteiger partial charge in [-0.05, 0) is 37.3 Å². The highest BCUT2D eigenvalue weighted by atomic mass is 32.1. The number of hydrogen-bond donors (Lipinski definition) is 0. The molecule has 3 rings (SSSR count). The number of hydrogen-bond acceptors (Lipinski definition) is 4. The van der Waals surface area contributed by atoms with Crippen LogP contribution in [0.5, 0.6) is 5.75 Å². The van der Waals surface area contributed by atoms with Crippen molar-refractivity contribution in [3.63, 3.8) is 0 Å². The summed E-state index contributed by atoms with van der Waals surface area (Å²) in [6, 6.07) is 9.09. The Balaban J connectivity index is 1.81. The molecular formula is C18H15F3N2O2S. The second-order valence-corrected chi connectivity index (χ2v) is 6.34. The van der Waals surface area contributed by atoms with Crippen LogP contribution in [-0.2, 0) is 12.7 Å². The van der Waals surface area contributed by atoms with Crippen LogP contribution in [0.1, 0.15) is 18.2 Å². The van der Waals surface area contributed by atoms with Crippen molar-refractivity contribution in [1.82, 2.24) is 9.55 Å². The van der Waals surface area contributed by atoms with E-state index in [1.807, 2.05) is 31.2 Å². The first kappa shape index (κ1) is 18.2. The third-order valence-electron chi connectivity index (χ3n) is 3.61. The molecule has 0 bridgehead atoms. The van der Waals surface area contributed by atoms with Gasteiger partial charge in [0.05, 0.1) is 24.4 Å². The van der Waals surface area contributed by atoms with Crippen LogP contribution in [0.25, 0.3) is 10.6 Å². The third kappa shape index (κ3) is 4.13. The highest BCUT2D eigenvalue weighted by molar-refractivity contribution is 7.13. The van der Waals surface area contributed by atoms with Gasteiger partial charge < -0.3 is 9.30 Å². The quantitative estimate of drug-likeness (QED) is 0.657. The minimum Gasteiger partial charge on any atom is -0.494 e. The normalized spacial score (nSPS) is 11.5. The topological polar surface area (TPSA) is 44.1 Å². The Bertz CT molecular complexity index is 946. The average Bonchev–Trinajstić information content (AvgIpc) is 3.05. The number of nitrogens with zero attached hydrogens (tertiary/aromatic N) is 2. The van der Waals surface area contributed by atoms with Crippen LogP contribution in [0.3, 0.4) is 0 Å². The maximum atomic E-state index is 12.8. The van der Waals surface area contributed by atoms with E-state index in [0.717, 1.165) is 39.2 Å². The molecule has 1 aromatic carbocycles. The van der Waals surface area contributed by atoms with Gasteiger partial charge in [0.1, 0.15) is 10.8 Å². The molecule has 0 saturated carbocycles. The van der Waals surface area contributed by atoms with E-state index >= 15 is 0 Å². The van der Waals surface area contributed by atoms with Crippen LogP contribution in [0, 0.1) is 0 Å². The summed E-state index contributed by atoms with van der Waals surface area (Å²) in [7, 11) is 0. The first-order chi connectivity index (χ1) is 12.4. The van der Waals surface area contributed by atoms with Gasteiger partial charge >= 0.3 is 6.18 Å². The van der Waals surface area contributed by atoms with Crippen LogP contribution in [0.4, 0.5) is 13.2 Å². The van der Waals surface area contributed by atoms with Crippen LogP contribution < -0.4 is 10.3 Å². The lowest BCUT2D eigenvalue weighted by atomic mass is 10.2. The zero-order valence-corrected chi connectivity index (χ0v) is 14.6. The minimum atomic E-state index is -4.50. The molecule has 0 radical (unpaired) electrons. The highest BCUT2D eigenvalue weighted by Gasteiger charge is 2.31. The summed E-state index contributed by atoms with van der Waals surface area (Å²) < 4.78 is 44.8. The van der Waals surface area contributed by atoms with E-state index in [1.165, 1.54) is 11.3 Å². The number of alkyl halides is 3. The monoisotopic (exact) mass is 380 g/mol. The molecule has 26 heavy (non-hydrogen) atoms. The van der Waals surface area contributed by atoms with Gasteiger partial charge in [-0.3, -0.25) is 4.79 Å². The van der Waals surface area contributed by atoms with Crippen molar-refractivity contribution in [2.75, 3.05) is 6.61 Å². The van der Waals surface area contributed by atoms with Gasteiger partial charge in [-0.15, -0.1) is 11.3 Å². The summed E-state index contributed by atoms with van der Waals surface area (Å²) in [6.45, 7) is 2.46. The second-order valence-electron chi connectivity index (χ2n) is 5.48. The standard InChI is InChI=1S/C18H15F3N2O2S/c1-2-25-15-6-3-12(4-7-15)17-22-14(11-26-17)10-23-9-13(18(19,20)21)5-8-16(23)24/h3-9,11H,2,10H2,1H3. The Kier molecular flexibility index (Phi) is 5.13. The molecule has 2 heterocycles. The number of thiazole rings is 1. The zero-order valence-electron chi connectivity index (χ0n) is 13.8. The van der Waals surface area contributed by atoms with E-state index in [9.17, 15) is 18.0 Å². The highest BCUT2D eigenvalue weighted by Crippen LogP contribution is 2.29. The zero-order chi connectivity index (χ0) is 18.7. The summed E-state index contributed by atoms with van der Waals surface area (Å²) in [5, 5.41) is 2.46. The van der Waals surface area contributed by atoms with Crippen LogP contribution in [0.2, 0.25) is 0 Å². The lowest BCUT2D eigenvalue weighted by Crippen LogP contribution is -2.22. The first-order valence-electron chi connectivity index (χ1n) is 7.82. The van der Waals surface area contributed by atoms with E-state index < -0.39 is 17.3 Å². The van der Waals surface area contributed by atoms with Gasteiger partial charge in [0, 0.05) is 23.2 Å². The van der Waals surface area contributed by atoms with Crippen LogP contribution in [-0.4, -0.2) is 16.2 Å². The fourth-order valence-electron chi connectivity index (χ4n) is 2.37. The summed E-state index contributed by atoms with van der Waals surface area (Å²) in [4.78, 5) is 16.3. The summed E-state index contributed by atoms with van der Waals surface area (Å²) >= 11 is 1.37. The molecule has 0 aliphatic carbocycles. The maximum Gasteiger partial charge on any atom is 0.417 e. The van der Waals surface area contributed by atoms with Crippen LogP contribution >= 0.6 is 11.3 Å². The molecule has 3 aromatic rings. The molecule has 0 N–H and O–H groups in total. The molecule has 2 aromatic heterocycles. The maximum absolute atomic E-state index is 12.8. The summed E-state index contributed by atoms with van der Waals surface area (Å²) in [5.74, 6) is 0.753. The van der Waals surface area contributed by atoms with Crippen molar-refractivity contribution in [1.29, 1.82) is 0 Å². The van der Waals surface area contributed by atoms with Crippen molar-refractivity contribution in [2.24, 2.45) is 0 Å². The summed E-state index contributed by atoms with van der Waals surface area (Å²) in [6.07, 6.45) is -3.68. The predicted octanol–water partition coefficient (Wildman–Crippen LogP) is 4.44. The van der Waals surface area contributed by atoms with Gasteiger partial charge in [-0.2, -0.15) is 13.2 Å². The van der Waals surface area contributed by atoms with E-state index in [1.54, 1.807) is 5.38 Å². The van der Waals surface area contributed by atoms with Gasteiger partial charge in [0.2, 0.25) is 0 Å². The molecule has 0 amide bonds. The number of pyridine rings is 1. The van der Waals surface area contributed by atoms with Gasteiger partial charge in [-0.1, -0.05) is 0 Å². The number of benzene rings is 1. The first-order valence-corrected chi connectivity index (χ1v) is 8.70. The molecule has 136 valence electrons. The molecule has 0 spiro atoms. The molecule has 0 aliphatic rings. The molecule has 0 unspecified atom stereocenters. The number of halogens is 3. The third-order valence-corrected chi connectivity index (χ3v) is 4.55. The van der Waals surface area contributed by atoms with Crippen LogP contribution in [0.15, 0.2) is 52.8 Å². The summed E-state index contributed by atoms with van der Waals surface area (Å²) in [5.41, 5.74) is 0.0362. The van der Waals surface area contributed by atoms with Gasteiger partial charge in [0.25, 0.3) is 5.56 Å². The fourth-order valence-corrected chi connectivity index (χ4v) is 3.19. The lowest BCUT2D eigenvalue weighted by Gasteiger charge is -2.09. The second kappa shape index (κ2) is 7.33. The average molecular weight is 380 g/mol. The predicted molar refractivity (Wildman–Crippen MR) is 93.5 cm³/mol. The minimum absolute atomic E-state index is 0.0176. The Labute approximate surface area is 151 Å². The smallest absolute Gasteiger partial charge is 0.417 e. The number of aromatic nitrogens is 2. The lowest BCUT2D eigenvalue weighted by molar-refractivity contribution is -0.138. The largest absolute Gasteiger partial charge is 0.494 e. The van der Waals surface area contributed by atoms with Crippen molar-refractivity contribution < 1.29 is 17.9 Å². The SMILES string of the molecule is CCOc1ccc(-c2nc(Cn3cc(C(F)(F)F)ccc3=O)cs2)cc1.